The van der Waals surface area contributed by atoms with Crippen molar-refractivity contribution >= 4 is 28.2 Å². The minimum absolute atomic E-state index is 0. The van der Waals surface area contributed by atoms with Crippen LogP contribution in [0.1, 0.15) is 31.9 Å². The number of halogens is 1. The number of nitrogens with one attached hydrogen (secondary N) is 1. The van der Waals surface area contributed by atoms with Crippen LogP contribution in [0.15, 0.2) is 30.3 Å². The highest BCUT2D eigenvalue weighted by Gasteiger charge is 2.23. The van der Waals surface area contributed by atoms with Gasteiger partial charge in [-0.2, -0.15) is 0 Å². The molecular weight excluding hydrogens is 324 g/mol. The fourth-order valence-corrected chi connectivity index (χ4v) is 2.75. The van der Waals surface area contributed by atoms with Gasteiger partial charge in [-0.1, -0.05) is 37.3 Å². The summed E-state index contributed by atoms with van der Waals surface area (Å²) >= 11 is 0. The molecule has 1 aromatic carbocycles. The Bertz CT molecular complexity index is 563. The standard InChI is InChI=1S/C15H24N2O3S.ClH/c1-11(9-10-21(3,19)20)17-15(18)12(2)14(16)13-7-5-4-6-8-13;/h4-8,11-12,14H,9-10,16H2,1-3H3,(H,17,18);1H. The lowest BCUT2D eigenvalue weighted by Gasteiger charge is -2.22. The minimum atomic E-state index is -3.01. The lowest BCUT2D eigenvalue weighted by Crippen LogP contribution is -2.40. The number of amides is 1. The Balaban J connectivity index is 0.00000441. The van der Waals surface area contributed by atoms with Crippen molar-refractivity contribution in [1.29, 1.82) is 0 Å². The first kappa shape index (κ1) is 20.9. The van der Waals surface area contributed by atoms with Crippen molar-refractivity contribution in [3.05, 3.63) is 35.9 Å². The van der Waals surface area contributed by atoms with E-state index in [1.54, 1.807) is 13.8 Å². The number of carbonyl (C=O) groups is 1. The van der Waals surface area contributed by atoms with Crippen molar-refractivity contribution in [2.45, 2.75) is 32.4 Å². The maximum atomic E-state index is 12.2. The zero-order valence-corrected chi connectivity index (χ0v) is 14.8. The van der Waals surface area contributed by atoms with E-state index < -0.39 is 9.84 Å². The van der Waals surface area contributed by atoms with Gasteiger partial charge in [0.2, 0.25) is 5.91 Å². The molecule has 3 N–H and O–H groups in total. The highest BCUT2D eigenvalue weighted by atomic mass is 35.5. The zero-order chi connectivity index (χ0) is 16.0. The van der Waals surface area contributed by atoms with Gasteiger partial charge >= 0.3 is 0 Å². The van der Waals surface area contributed by atoms with Crippen molar-refractivity contribution in [3.63, 3.8) is 0 Å². The summed E-state index contributed by atoms with van der Waals surface area (Å²) < 4.78 is 22.2. The summed E-state index contributed by atoms with van der Waals surface area (Å²) in [6.45, 7) is 3.57. The summed E-state index contributed by atoms with van der Waals surface area (Å²) in [4.78, 5) is 12.2. The van der Waals surface area contributed by atoms with Gasteiger partial charge in [0.25, 0.3) is 0 Å². The molecule has 5 nitrogen and oxygen atoms in total. The molecule has 0 bridgehead atoms. The van der Waals surface area contributed by atoms with E-state index in [1.807, 2.05) is 30.3 Å². The van der Waals surface area contributed by atoms with Gasteiger partial charge in [-0.25, -0.2) is 8.42 Å². The average Bonchev–Trinajstić information content (AvgIpc) is 2.43. The van der Waals surface area contributed by atoms with Crippen LogP contribution in [0.2, 0.25) is 0 Å². The quantitative estimate of drug-likeness (QED) is 0.784. The number of nitrogens with two attached hydrogens (primary N) is 1. The molecule has 0 fully saturated rings. The van der Waals surface area contributed by atoms with Crippen LogP contribution in [-0.4, -0.2) is 32.4 Å². The third-order valence-corrected chi connectivity index (χ3v) is 4.42. The largest absolute Gasteiger partial charge is 0.353 e. The Morgan fingerprint density at radius 2 is 1.77 bits per heavy atom. The number of carbonyl (C=O) groups excluding carboxylic acids is 1. The van der Waals surface area contributed by atoms with Crippen LogP contribution in [0.5, 0.6) is 0 Å². The van der Waals surface area contributed by atoms with Crippen molar-refractivity contribution in [2.24, 2.45) is 11.7 Å². The van der Waals surface area contributed by atoms with Gasteiger partial charge in [0, 0.05) is 18.3 Å². The molecular formula is C15H25ClN2O3S. The predicted octanol–water partition coefficient (Wildman–Crippen LogP) is 1.68. The van der Waals surface area contributed by atoms with E-state index in [2.05, 4.69) is 5.32 Å². The zero-order valence-electron chi connectivity index (χ0n) is 13.2. The molecule has 1 aromatic rings. The highest BCUT2D eigenvalue weighted by Crippen LogP contribution is 2.19. The van der Waals surface area contributed by atoms with Crippen molar-refractivity contribution in [1.82, 2.24) is 5.32 Å². The van der Waals surface area contributed by atoms with Crippen LogP contribution in [0.3, 0.4) is 0 Å². The molecule has 3 atom stereocenters. The first-order valence-electron chi connectivity index (χ1n) is 6.99. The van der Waals surface area contributed by atoms with Gasteiger partial charge < -0.3 is 11.1 Å². The van der Waals surface area contributed by atoms with Crippen LogP contribution < -0.4 is 11.1 Å². The van der Waals surface area contributed by atoms with E-state index in [1.165, 1.54) is 6.26 Å². The summed E-state index contributed by atoms with van der Waals surface area (Å²) in [5, 5.41) is 2.82. The van der Waals surface area contributed by atoms with Crippen LogP contribution in [0, 0.1) is 5.92 Å². The molecule has 3 unspecified atom stereocenters. The Hall–Kier alpha value is -1.11. The Morgan fingerprint density at radius 1 is 1.23 bits per heavy atom. The van der Waals surface area contributed by atoms with E-state index >= 15 is 0 Å². The maximum Gasteiger partial charge on any atom is 0.224 e. The molecule has 0 heterocycles. The summed E-state index contributed by atoms with van der Waals surface area (Å²) in [6, 6.07) is 8.87. The molecule has 0 aliphatic carbocycles. The molecule has 0 aromatic heterocycles. The molecule has 0 saturated heterocycles. The van der Waals surface area contributed by atoms with Crippen LogP contribution in [0.25, 0.3) is 0 Å². The fourth-order valence-electron chi connectivity index (χ4n) is 1.96. The first-order chi connectivity index (χ1) is 9.70. The Labute approximate surface area is 139 Å². The summed E-state index contributed by atoms with van der Waals surface area (Å²) in [5.74, 6) is -0.478. The van der Waals surface area contributed by atoms with Gasteiger partial charge in [0.1, 0.15) is 9.84 Å². The van der Waals surface area contributed by atoms with E-state index in [0.29, 0.717) is 6.42 Å². The lowest BCUT2D eigenvalue weighted by atomic mass is 9.94. The summed E-state index contributed by atoms with van der Waals surface area (Å²) in [6.07, 6.45) is 1.59. The van der Waals surface area contributed by atoms with Crippen LogP contribution in [0.4, 0.5) is 0 Å². The molecule has 1 rings (SSSR count). The second kappa shape index (κ2) is 9.12. The van der Waals surface area contributed by atoms with Crippen LogP contribution >= 0.6 is 12.4 Å². The first-order valence-corrected chi connectivity index (χ1v) is 9.05. The summed E-state index contributed by atoms with van der Waals surface area (Å²) in [5.41, 5.74) is 7.01. The molecule has 0 radical (unpaired) electrons. The van der Waals surface area contributed by atoms with E-state index in [0.717, 1.165) is 5.56 Å². The van der Waals surface area contributed by atoms with Gasteiger partial charge in [-0.05, 0) is 18.9 Å². The van der Waals surface area contributed by atoms with Gasteiger partial charge in [0.15, 0.2) is 0 Å². The molecule has 0 saturated carbocycles. The van der Waals surface area contributed by atoms with Gasteiger partial charge in [-0.15, -0.1) is 12.4 Å². The smallest absolute Gasteiger partial charge is 0.224 e. The number of benzene rings is 1. The average molecular weight is 349 g/mol. The van der Waals surface area contributed by atoms with E-state index in [-0.39, 0.29) is 42.1 Å². The SMILES string of the molecule is CC(CCS(C)(=O)=O)NC(=O)C(C)C(N)c1ccccc1.Cl. The molecule has 0 aliphatic rings. The van der Waals surface area contributed by atoms with E-state index in [9.17, 15) is 13.2 Å². The molecule has 7 heteroatoms. The monoisotopic (exact) mass is 348 g/mol. The second-order valence-corrected chi connectivity index (χ2v) is 7.81. The predicted molar refractivity (Wildman–Crippen MR) is 91.7 cm³/mol. The van der Waals surface area contributed by atoms with Crippen LogP contribution in [-0.2, 0) is 14.6 Å². The summed E-state index contributed by atoms with van der Waals surface area (Å²) in [7, 11) is -3.01. The van der Waals surface area contributed by atoms with Gasteiger partial charge in [0.05, 0.1) is 11.7 Å². The second-order valence-electron chi connectivity index (χ2n) is 5.55. The Kier molecular flexibility index (Phi) is 8.66. The maximum absolute atomic E-state index is 12.2. The van der Waals surface area contributed by atoms with Gasteiger partial charge in [-0.3, -0.25) is 4.79 Å². The highest BCUT2D eigenvalue weighted by molar-refractivity contribution is 7.90. The van der Waals surface area contributed by atoms with E-state index in [4.69, 9.17) is 5.73 Å². The fraction of sp³-hybridized carbons (Fsp3) is 0.533. The normalized spacial score (nSPS) is 15.3. The molecule has 22 heavy (non-hydrogen) atoms. The topological polar surface area (TPSA) is 89.3 Å². The third-order valence-electron chi connectivity index (χ3n) is 3.45. The third kappa shape index (κ3) is 7.24. The van der Waals surface area contributed by atoms with Crippen molar-refractivity contribution < 1.29 is 13.2 Å². The molecule has 0 spiro atoms. The Morgan fingerprint density at radius 3 is 2.27 bits per heavy atom. The molecule has 1 amide bonds. The number of sulfone groups is 1. The molecule has 0 aliphatic heterocycles. The minimum Gasteiger partial charge on any atom is -0.353 e. The lowest BCUT2D eigenvalue weighted by molar-refractivity contribution is -0.125. The molecule has 126 valence electrons. The van der Waals surface area contributed by atoms with Crippen molar-refractivity contribution in [2.75, 3.05) is 12.0 Å². The van der Waals surface area contributed by atoms with Crippen molar-refractivity contribution in [3.8, 4) is 0 Å². The number of hydrogen-bond donors (Lipinski definition) is 2. The number of rotatable bonds is 7. The number of hydrogen-bond acceptors (Lipinski definition) is 4.